The lowest BCUT2D eigenvalue weighted by atomic mass is 9.97. The van der Waals surface area contributed by atoms with Crippen LogP contribution in [0.4, 0.5) is 0 Å². The van der Waals surface area contributed by atoms with Crippen LogP contribution in [0.1, 0.15) is 25.6 Å². The molecule has 2 heterocycles. The van der Waals surface area contributed by atoms with E-state index in [2.05, 4.69) is 16.4 Å². The highest BCUT2D eigenvalue weighted by molar-refractivity contribution is 7.89. The van der Waals surface area contributed by atoms with Gasteiger partial charge in [0.05, 0.1) is 28.4 Å². The number of carbonyl (C=O) groups is 1. The maximum atomic E-state index is 12.5. The summed E-state index contributed by atoms with van der Waals surface area (Å²) < 4.78 is 28.2. The van der Waals surface area contributed by atoms with Gasteiger partial charge >= 0.3 is 0 Å². The van der Waals surface area contributed by atoms with Crippen molar-refractivity contribution in [1.82, 2.24) is 23.7 Å². The molecule has 3 rings (SSSR count). The number of amides is 1. The van der Waals surface area contributed by atoms with Crippen molar-refractivity contribution >= 4 is 27.0 Å². The Hall–Kier alpha value is -1.97. The third-order valence-corrected chi connectivity index (χ3v) is 7.37. The summed E-state index contributed by atoms with van der Waals surface area (Å²) in [5, 5.41) is 0. The van der Waals surface area contributed by atoms with Crippen LogP contribution in [0.5, 0.6) is 0 Å². The van der Waals surface area contributed by atoms with E-state index < -0.39 is 10.0 Å². The highest BCUT2D eigenvalue weighted by Crippen LogP contribution is 2.25. The fraction of sp³-hybridized carbons (Fsp3) is 0.600. The molecule has 0 spiro atoms. The van der Waals surface area contributed by atoms with Crippen LogP contribution in [0, 0.1) is 5.92 Å². The minimum Gasteiger partial charge on any atom is -0.349 e. The molecule has 1 unspecified atom stereocenters. The van der Waals surface area contributed by atoms with Gasteiger partial charge in [0.15, 0.2) is 0 Å². The van der Waals surface area contributed by atoms with Gasteiger partial charge < -0.3 is 9.47 Å². The van der Waals surface area contributed by atoms with E-state index in [0.717, 1.165) is 43.8 Å². The Bertz CT molecular complexity index is 997. The van der Waals surface area contributed by atoms with E-state index in [9.17, 15) is 13.2 Å². The Labute approximate surface area is 173 Å². The number of piperidine rings is 1. The van der Waals surface area contributed by atoms with E-state index in [4.69, 9.17) is 4.98 Å². The maximum Gasteiger partial charge on any atom is 0.242 e. The third kappa shape index (κ3) is 4.31. The molecule has 29 heavy (non-hydrogen) atoms. The van der Waals surface area contributed by atoms with Gasteiger partial charge in [0.25, 0.3) is 0 Å². The van der Waals surface area contributed by atoms with Gasteiger partial charge in [-0.2, -0.15) is 0 Å². The number of aryl methyl sites for hydroxylation is 1. The average Bonchev–Trinajstić information content (AvgIpc) is 3.03. The van der Waals surface area contributed by atoms with Crippen LogP contribution in [-0.4, -0.2) is 79.3 Å². The van der Waals surface area contributed by atoms with Crippen molar-refractivity contribution < 1.29 is 13.2 Å². The fourth-order valence-electron chi connectivity index (χ4n) is 3.97. The molecule has 1 aromatic carbocycles. The maximum absolute atomic E-state index is 12.5. The zero-order chi connectivity index (χ0) is 21.3. The van der Waals surface area contributed by atoms with Gasteiger partial charge in [-0.25, -0.2) is 17.7 Å². The van der Waals surface area contributed by atoms with E-state index in [1.165, 1.54) is 18.4 Å². The number of nitrogens with zero attached hydrogens (tertiary/aromatic N) is 5. The zero-order valence-corrected chi connectivity index (χ0v) is 18.7. The van der Waals surface area contributed by atoms with Crippen LogP contribution in [0.15, 0.2) is 23.1 Å². The van der Waals surface area contributed by atoms with Crippen LogP contribution in [0.2, 0.25) is 0 Å². The first-order valence-corrected chi connectivity index (χ1v) is 11.4. The molecular weight excluding hydrogens is 390 g/mol. The van der Waals surface area contributed by atoms with Gasteiger partial charge in [-0.05, 0) is 44.5 Å². The summed E-state index contributed by atoms with van der Waals surface area (Å²) in [5.41, 5.74) is 1.61. The Kier molecular flexibility index (Phi) is 6.30. The summed E-state index contributed by atoms with van der Waals surface area (Å²) in [5.74, 6) is 1.10. The van der Waals surface area contributed by atoms with E-state index >= 15 is 0 Å². The molecule has 8 nitrogen and oxygen atoms in total. The second-order valence-corrected chi connectivity index (χ2v) is 10.2. The van der Waals surface area contributed by atoms with Gasteiger partial charge in [0, 0.05) is 41.3 Å². The van der Waals surface area contributed by atoms with Crippen LogP contribution in [0.25, 0.3) is 11.0 Å². The summed E-state index contributed by atoms with van der Waals surface area (Å²) in [6.07, 6.45) is 1.91. The quantitative estimate of drug-likeness (QED) is 0.708. The smallest absolute Gasteiger partial charge is 0.242 e. The number of imidazole rings is 1. The lowest BCUT2D eigenvalue weighted by molar-refractivity contribution is -0.134. The van der Waals surface area contributed by atoms with Gasteiger partial charge in [0.2, 0.25) is 15.9 Å². The van der Waals surface area contributed by atoms with Crippen molar-refractivity contribution in [3.63, 3.8) is 0 Å². The topological polar surface area (TPSA) is 78.8 Å². The lowest BCUT2D eigenvalue weighted by Gasteiger charge is -2.33. The van der Waals surface area contributed by atoms with Crippen LogP contribution in [0.3, 0.4) is 0 Å². The normalized spacial score (nSPS) is 18.5. The Morgan fingerprint density at radius 1 is 1.24 bits per heavy atom. The Morgan fingerprint density at radius 2 is 1.97 bits per heavy atom. The minimum absolute atomic E-state index is 0.0232. The fourth-order valence-corrected chi connectivity index (χ4v) is 4.89. The average molecular weight is 422 g/mol. The van der Waals surface area contributed by atoms with Crippen LogP contribution < -0.4 is 0 Å². The lowest BCUT2D eigenvalue weighted by Crippen LogP contribution is -2.42. The van der Waals surface area contributed by atoms with E-state index in [0.29, 0.717) is 12.1 Å². The summed E-state index contributed by atoms with van der Waals surface area (Å²) in [6, 6.07) is 5.12. The molecule has 0 radical (unpaired) electrons. The predicted octanol–water partition coefficient (Wildman–Crippen LogP) is 1.61. The van der Waals surface area contributed by atoms with Crippen molar-refractivity contribution in [2.75, 3.05) is 41.3 Å². The molecule has 0 aliphatic carbocycles. The molecule has 1 aliphatic heterocycles. The highest BCUT2D eigenvalue weighted by atomic mass is 32.2. The van der Waals surface area contributed by atoms with Gasteiger partial charge in [-0.1, -0.05) is 0 Å². The molecule has 1 atom stereocenters. The first-order valence-electron chi connectivity index (χ1n) is 10.00. The number of benzene rings is 1. The largest absolute Gasteiger partial charge is 0.349 e. The monoisotopic (exact) mass is 421 g/mol. The first kappa shape index (κ1) is 21.7. The molecule has 0 bridgehead atoms. The molecule has 9 heteroatoms. The molecule has 1 aromatic heterocycles. The Balaban J connectivity index is 1.88. The van der Waals surface area contributed by atoms with Gasteiger partial charge in [0.1, 0.15) is 5.82 Å². The summed E-state index contributed by atoms with van der Waals surface area (Å²) >= 11 is 0. The van der Waals surface area contributed by atoms with Crippen molar-refractivity contribution in [1.29, 1.82) is 0 Å². The van der Waals surface area contributed by atoms with Crippen molar-refractivity contribution in [2.45, 2.75) is 37.8 Å². The third-order valence-electron chi connectivity index (χ3n) is 5.55. The number of aromatic nitrogens is 2. The van der Waals surface area contributed by atoms with Crippen LogP contribution in [-0.2, 0) is 27.9 Å². The SMILES string of the molecule is CCn1c(CN2CCCC(C(=O)N(C)C)C2)nc2cc(S(=O)(=O)N(C)C)ccc21. The first-order chi connectivity index (χ1) is 13.6. The molecule has 2 aromatic rings. The van der Waals surface area contributed by atoms with Gasteiger partial charge in [-0.3, -0.25) is 9.69 Å². The molecule has 160 valence electrons. The van der Waals surface area contributed by atoms with Crippen molar-refractivity contribution in [3.05, 3.63) is 24.0 Å². The summed E-state index contributed by atoms with van der Waals surface area (Å²) in [6.45, 7) is 5.12. The second kappa shape index (κ2) is 8.41. The second-order valence-electron chi connectivity index (χ2n) is 8.02. The number of rotatable bonds is 6. The minimum atomic E-state index is -3.50. The number of hydrogen-bond donors (Lipinski definition) is 0. The number of hydrogen-bond acceptors (Lipinski definition) is 5. The number of fused-ring (bicyclic) bond motifs is 1. The van der Waals surface area contributed by atoms with E-state index in [1.807, 2.05) is 6.07 Å². The standard InChI is InChI=1S/C20H31N5O3S/c1-6-25-18-10-9-16(29(27,28)23(4)5)12-17(18)21-19(25)14-24-11-7-8-15(13-24)20(26)22(2)3/h9-10,12,15H,6-8,11,13-14H2,1-5H3. The van der Waals surface area contributed by atoms with Crippen LogP contribution >= 0.6 is 0 Å². The summed E-state index contributed by atoms with van der Waals surface area (Å²) in [7, 11) is 3.16. The van der Waals surface area contributed by atoms with Crippen molar-refractivity contribution in [3.8, 4) is 0 Å². The van der Waals surface area contributed by atoms with Gasteiger partial charge in [-0.15, -0.1) is 0 Å². The molecule has 1 amide bonds. The van der Waals surface area contributed by atoms with E-state index in [-0.39, 0.29) is 16.7 Å². The Morgan fingerprint density at radius 3 is 2.59 bits per heavy atom. The molecule has 0 saturated carbocycles. The summed E-state index contributed by atoms with van der Waals surface area (Å²) in [4.78, 5) is 21.3. The molecule has 1 saturated heterocycles. The number of sulfonamides is 1. The van der Waals surface area contributed by atoms with E-state index in [1.54, 1.807) is 31.1 Å². The highest BCUT2D eigenvalue weighted by Gasteiger charge is 2.28. The number of carbonyl (C=O) groups excluding carboxylic acids is 1. The molecule has 1 aliphatic rings. The number of likely N-dealkylation sites (tertiary alicyclic amines) is 1. The predicted molar refractivity (Wildman–Crippen MR) is 113 cm³/mol. The molecular formula is C20H31N5O3S. The molecule has 1 fully saturated rings. The van der Waals surface area contributed by atoms with Crippen molar-refractivity contribution in [2.24, 2.45) is 5.92 Å². The zero-order valence-electron chi connectivity index (χ0n) is 17.9. The molecule has 0 N–H and O–H groups in total.